The lowest BCUT2D eigenvalue weighted by Gasteiger charge is -2.35. The van der Waals surface area contributed by atoms with Crippen molar-refractivity contribution in [1.29, 1.82) is 0 Å². The molecule has 0 amide bonds. The molecule has 1 saturated heterocycles. The molecule has 1 fully saturated rings. The Bertz CT molecular complexity index is 385. The highest BCUT2D eigenvalue weighted by molar-refractivity contribution is 4.89. The van der Waals surface area contributed by atoms with Gasteiger partial charge in [-0.15, -0.1) is 0 Å². The lowest BCUT2D eigenvalue weighted by molar-refractivity contribution is 0.162. The summed E-state index contributed by atoms with van der Waals surface area (Å²) in [5.41, 5.74) is 0. The molecular weight excluding hydrogens is 238 g/mol. The molecule has 0 aliphatic carbocycles. The molecule has 19 heavy (non-hydrogen) atoms. The molecule has 0 spiro atoms. The van der Waals surface area contributed by atoms with Crippen LogP contribution in [0.3, 0.4) is 0 Å². The summed E-state index contributed by atoms with van der Waals surface area (Å²) >= 11 is 0. The van der Waals surface area contributed by atoms with Crippen LogP contribution in [0.2, 0.25) is 0 Å². The third-order valence-electron chi connectivity index (χ3n) is 3.69. The second-order valence-corrected chi connectivity index (χ2v) is 6.29. The number of hydrogen-bond acceptors (Lipinski definition) is 4. The van der Waals surface area contributed by atoms with E-state index in [-0.39, 0.29) is 0 Å². The number of nitrogens with one attached hydrogen (secondary N) is 1. The molecule has 1 aliphatic heterocycles. The van der Waals surface area contributed by atoms with Gasteiger partial charge in [0.2, 0.25) is 0 Å². The average Bonchev–Trinajstić information content (AvgIpc) is 2.76. The van der Waals surface area contributed by atoms with E-state index in [4.69, 9.17) is 0 Å². The van der Waals surface area contributed by atoms with Crippen molar-refractivity contribution in [2.75, 3.05) is 19.6 Å². The van der Waals surface area contributed by atoms with Gasteiger partial charge in [-0.3, -0.25) is 4.90 Å². The van der Waals surface area contributed by atoms with Gasteiger partial charge in [0.25, 0.3) is 0 Å². The quantitative estimate of drug-likeness (QED) is 0.873. The van der Waals surface area contributed by atoms with Gasteiger partial charge < -0.3 is 5.32 Å². The van der Waals surface area contributed by atoms with Crippen molar-refractivity contribution in [1.82, 2.24) is 25.0 Å². The minimum atomic E-state index is 0.593. The predicted molar refractivity (Wildman–Crippen MR) is 76.8 cm³/mol. The minimum Gasteiger partial charge on any atom is -0.311 e. The standard InChI is InChI=1S/C14H27N5/c1-11(2)7-19-14(16-10-17-19)9-18-6-5-15-13(8-18)12(3)4/h10-13,15H,5-9H2,1-4H3. The molecule has 0 radical (unpaired) electrons. The zero-order chi connectivity index (χ0) is 13.8. The van der Waals surface area contributed by atoms with Crippen LogP contribution in [0.1, 0.15) is 33.5 Å². The Kier molecular flexibility index (Phi) is 4.93. The highest BCUT2D eigenvalue weighted by Crippen LogP contribution is 2.11. The maximum atomic E-state index is 4.42. The molecule has 0 bridgehead atoms. The summed E-state index contributed by atoms with van der Waals surface area (Å²) in [5, 5.41) is 7.93. The maximum absolute atomic E-state index is 4.42. The Morgan fingerprint density at radius 2 is 2.16 bits per heavy atom. The largest absolute Gasteiger partial charge is 0.311 e. The molecule has 1 atom stereocenters. The van der Waals surface area contributed by atoms with Gasteiger partial charge in [0.05, 0.1) is 6.54 Å². The van der Waals surface area contributed by atoms with E-state index < -0.39 is 0 Å². The van der Waals surface area contributed by atoms with Gasteiger partial charge in [-0.05, 0) is 11.8 Å². The normalized spacial score (nSPS) is 21.5. The van der Waals surface area contributed by atoms with Crippen LogP contribution in [-0.4, -0.2) is 45.3 Å². The fraction of sp³-hybridized carbons (Fsp3) is 0.857. The Morgan fingerprint density at radius 1 is 1.37 bits per heavy atom. The van der Waals surface area contributed by atoms with Crippen LogP contribution in [0.25, 0.3) is 0 Å². The minimum absolute atomic E-state index is 0.593. The third-order valence-corrected chi connectivity index (χ3v) is 3.69. The average molecular weight is 265 g/mol. The summed E-state index contributed by atoms with van der Waals surface area (Å²) in [6.07, 6.45) is 1.68. The van der Waals surface area contributed by atoms with E-state index in [0.717, 1.165) is 38.5 Å². The first-order chi connectivity index (χ1) is 9.06. The van der Waals surface area contributed by atoms with E-state index in [9.17, 15) is 0 Å². The predicted octanol–water partition coefficient (Wildman–Crippen LogP) is 1.36. The molecule has 108 valence electrons. The van der Waals surface area contributed by atoms with Crippen LogP contribution in [-0.2, 0) is 13.1 Å². The van der Waals surface area contributed by atoms with Gasteiger partial charge in [0.15, 0.2) is 0 Å². The summed E-state index contributed by atoms with van der Waals surface area (Å²) in [6, 6.07) is 0.593. The molecule has 1 aliphatic rings. The van der Waals surface area contributed by atoms with E-state index in [1.165, 1.54) is 0 Å². The molecular formula is C14H27N5. The third kappa shape index (κ3) is 4.01. The van der Waals surface area contributed by atoms with Crippen LogP contribution < -0.4 is 5.32 Å². The fourth-order valence-corrected chi connectivity index (χ4v) is 2.54. The molecule has 1 unspecified atom stereocenters. The molecule has 5 nitrogen and oxygen atoms in total. The summed E-state index contributed by atoms with van der Waals surface area (Å²) < 4.78 is 2.05. The van der Waals surface area contributed by atoms with Gasteiger partial charge in [0.1, 0.15) is 12.2 Å². The Labute approximate surface area is 116 Å². The smallest absolute Gasteiger partial charge is 0.141 e. The number of rotatable bonds is 5. The fourth-order valence-electron chi connectivity index (χ4n) is 2.54. The zero-order valence-electron chi connectivity index (χ0n) is 12.6. The second-order valence-electron chi connectivity index (χ2n) is 6.29. The maximum Gasteiger partial charge on any atom is 0.141 e. The lowest BCUT2D eigenvalue weighted by atomic mass is 10.0. The monoisotopic (exact) mass is 265 g/mol. The van der Waals surface area contributed by atoms with Crippen molar-refractivity contribution in [2.45, 2.75) is 46.8 Å². The van der Waals surface area contributed by atoms with Gasteiger partial charge in [0, 0.05) is 32.2 Å². The van der Waals surface area contributed by atoms with E-state index in [1.807, 2.05) is 0 Å². The zero-order valence-corrected chi connectivity index (χ0v) is 12.6. The first-order valence-electron chi connectivity index (χ1n) is 7.38. The van der Waals surface area contributed by atoms with Crippen LogP contribution in [0.4, 0.5) is 0 Å². The van der Waals surface area contributed by atoms with Crippen molar-refractivity contribution in [3.63, 3.8) is 0 Å². The number of aromatic nitrogens is 3. The number of piperazine rings is 1. The summed E-state index contributed by atoms with van der Waals surface area (Å²) in [5.74, 6) is 2.38. The van der Waals surface area contributed by atoms with Crippen molar-refractivity contribution < 1.29 is 0 Å². The number of nitrogens with zero attached hydrogens (tertiary/aromatic N) is 4. The summed E-state index contributed by atoms with van der Waals surface area (Å²) in [4.78, 5) is 6.91. The van der Waals surface area contributed by atoms with Gasteiger partial charge in [-0.25, -0.2) is 9.67 Å². The molecule has 5 heteroatoms. The van der Waals surface area contributed by atoms with E-state index >= 15 is 0 Å². The molecule has 0 saturated carbocycles. The Hall–Kier alpha value is -0.940. The summed E-state index contributed by atoms with van der Waals surface area (Å²) in [7, 11) is 0. The van der Waals surface area contributed by atoms with E-state index in [2.05, 4.69) is 52.7 Å². The number of hydrogen-bond donors (Lipinski definition) is 1. The molecule has 2 heterocycles. The van der Waals surface area contributed by atoms with Gasteiger partial charge >= 0.3 is 0 Å². The molecule has 1 aromatic rings. The summed E-state index contributed by atoms with van der Waals surface area (Å²) in [6.45, 7) is 14.1. The molecule has 0 aromatic carbocycles. The SMILES string of the molecule is CC(C)Cn1ncnc1CN1CCNC(C(C)C)C1. The van der Waals surface area contributed by atoms with E-state index in [1.54, 1.807) is 6.33 Å². The van der Waals surface area contributed by atoms with Crippen molar-refractivity contribution in [2.24, 2.45) is 11.8 Å². The van der Waals surface area contributed by atoms with Crippen LogP contribution >= 0.6 is 0 Å². The van der Waals surface area contributed by atoms with Gasteiger partial charge in [-0.2, -0.15) is 5.10 Å². The second kappa shape index (κ2) is 6.48. The topological polar surface area (TPSA) is 46.0 Å². The molecule has 1 aromatic heterocycles. The Morgan fingerprint density at radius 3 is 2.84 bits per heavy atom. The Balaban J connectivity index is 1.95. The van der Waals surface area contributed by atoms with Crippen LogP contribution in [0.5, 0.6) is 0 Å². The first-order valence-corrected chi connectivity index (χ1v) is 7.38. The molecule has 1 N–H and O–H groups in total. The highest BCUT2D eigenvalue weighted by atomic mass is 15.4. The van der Waals surface area contributed by atoms with Crippen molar-refractivity contribution in [3.05, 3.63) is 12.2 Å². The van der Waals surface area contributed by atoms with Crippen molar-refractivity contribution in [3.8, 4) is 0 Å². The lowest BCUT2D eigenvalue weighted by Crippen LogP contribution is -2.52. The van der Waals surface area contributed by atoms with Crippen LogP contribution in [0.15, 0.2) is 6.33 Å². The van der Waals surface area contributed by atoms with Crippen molar-refractivity contribution >= 4 is 0 Å². The molecule has 2 rings (SSSR count). The first kappa shape index (κ1) is 14.5. The van der Waals surface area contributed by atoms with Crippen LogP contribution in [0, 0.1) is 11.8 Å². The highest BCUT2D eigenvalue weighted by Gasteiger charge is 2.22. The van der Waals surface area contributed by atoms with Gasteiger partial charge in [-0.1, -0.05) is 27.7 Å². The van der Waals surface area contributed by atoms with E-state index in [0.29, 0.717) is 17.9 Å².